The Morgan fingerprint density at radius 3 is 2.46 bits per heavy atom. The molecule has 13 heavy (non-hydrogen) atoms. The number of rotatable bonds is 3. The van der Waals surface area contributed by atoms with Gasteiger partial charge < -0.3 is 10.2 Å². The first-order valence-electron chi connectivity index (χ1n) is 4.80. The van der Waals surface area contributed by atoms with Gasteiger partial charge in [0.05, 0.1) is 0 Å². The van der Waals surface area contributed by atoms with Crippen LogP contribution in [0.25, 0.3) is 0 Å². The Kier molecular flexibility index (Phi) is 3.09. The molecule has 0 amide bonds. The summed E-state index contributed by atoms with van der Waals surface area (Å²) in [6.07, 6.45) is 1.27. The van der Waals surface area contributed by atoms with E-state index in [1.165, 1.54) is 0 Å². The van der Waals surface area contributed by atoms with Crippen molar-refractivity contribution < 1.29 is 15.0 Å². The molecule has 2 atom stereocenters. The molecule has 0 aromatic carbocycles. The van der Waals surface area contributed by atoms with Gasteiger partial charge >= 0.3 is 0 Å². The summed E-state index contributed by atoms with van der Waals surface area (Å²) in [6.45, 7) is 3.90. The van der Waals surface area contributed by atoms with Gasteiger partial charge in [-0.3, -0.25) is 4.79 Å². The van der Waals surface area contributed by atoms with Crippen LogP contribution in [0.2, 0.25) is 0 Å². The summed E-state index contributed by atoms with van der Waals surface area (Å²) in [4.78, 5) is 11.8. The summed E-state index contributed by atoms with van der Waals surface area (Å²) in [6, 6.07) is 0. The van der Waals surface area contributed by atoms with Crippen molar-refractivity contribution in [2.45, 2.75) is 26.7 Å². The number of Topliss-reactive ketones (excluding diaryl/α,β-unsaturated/α-hetero) is 1. The van der Waals surface area contributed by atoms with Crippen LogP contribution in [0.15, 0.2) is 0 Å². The van der Waals surface area contributed by atoms with Crippen molar-refractivity contribution in [3.8, 4) is 0 Å². The van der Waals surface area contributed by atoms with Crippen LogP contribution in [-0.2, 0) is 4.79 Å². The van der Waals surface area contributed by atoms with Crippen LogP contribution in [0.3, 0.4) is 0 Å². The maximum Gasteiger partial charge on any atom is 0.142 e. The molecule has 1 fully saturated rings. The molecule has 2 N–H and O–H groups in total. The van der Waals surface area contributed by atoms with Gasteiger partial charge in [-0.1, -0.05) is 13.8 Å². The van der Waals surface area contributed by atoms with Gasteiger partial charge in [-0.15, -0.1) is 0 Å². The summed E-state index contributed by atoms with van der Waals surface area (Å²) in [5.74, 6) is 0.217. The van der Waals surface area contributed by atoms with Crippen molar-refractivity contribution in [2.24, 2.45) is 17.3 Å². The number of hydrogen-bond acceptors (Lipinski definition) is 3. The fourth-order valence-electron chi connectivity index (χ4n) is 2.18. The van der Waals surface area contributed by atoms with E-state index in [0.29, 0.717) is 6.42 Å². The average molecular weight is 186 g/mol. The van der Waals surface area contributed by atoms with Gasteiger partial charge in [0.25, 0.3) is 0 Å². The molecule has 1 aliphatic rings. The molecule has 0 radical (unpaired) electrons. The van der Waals surface area contributed by atoms with Crippen molar-refractivity contribution in [1.82, 2.24) is 0 Å². The van der Waals surface area contributed by atoms with Crippen LogP contribution >= 0.6 is 0 Å². The van der Waals surface area contributed by atoms with Crippen LogP contribution in [0, 0.1) is 17.3 Å². The first kappa shape index (κ1) is 10.7. The maximum absolute atomic E-state index is 11.8. The highest BCUT2D eigenvalue weighted by atomic mass is 16.3. The van der Waals surface area contributed by atoms with Gasteiger partial charge in [0.2, 0.25) is 0 Å². The largest absolute Gasteiger partial charge is 0.396 e. The molecule has 1 rings (SSSR count). The van der Waals surface area contributed by atoms with Crippen molar-refractivity contribution >= 4 is 5.78 Å². The van der Waals surface area contributed by atoms with Crippen molar-refractivity contribution in [3.63, 3.8) is 0 Å². The van der Waals surface area contributed by atoms with Gasteiger partial charge in [-0.05, 0) is 18.8 Å². The van der Waals surface area contributed by atoms with Gasteiger partial charge in [0, 0.05) is 24.5 Å². The predicted octanol–water partition coefficient (Wildman–Crippen LogP) is 0.593. The molecule has 0 aromatic heterocycles. The molecule has 0 bridgehead atoms. The van der Waals surface area contributed by atoms with Crippen LogP contribution < -0.4 is 0 Å². The van der Waals surface area contributed by atoms with E-state index in [1.54, 1.807) is 0 Å². The van der Waals surface area contributed by atoms with Crippen molar-refractivity contribution in [3.05, 3.63) is 0 Å². The highest BCUT2D eigenvalue weighted by Gasteiger charge is 2.47. The Balaban J connectivity index is 2.72. The summed E-state index contributed by atoms with van der Waals surface area (Å²) >= 11 is 0. The molecule has 76 valence electrons. The van der Waals surface area contributed by atoms with Crippen LogP contribution in [0.5, 0.6) is 0 Å². The zero-order valence-electron chi connectivity index (χ0n) is 8.29. The minimum absolute atomic E-state index is 0.0443. The quantitative estimate of drug-likeness (QED) is 0.678. The van der Waals surface area contributed by atoms with E-state index in [0.717, 1.165) is 6.42 Å². The lowest BCUT2D eigenvalue weighted by Gasteiger charge is -2.22. The van der Waals surface area contributed by atoms with Gasteiger partial charge in [-0.2, -0.15) is 0 Å². The lowest BCUT2D eigenvalue weighted by molar-refractivity contribution is -0.129. The number of aliphatic hydroxyl groups excluding tert-OH is 2. The van der Waals surface area contributed by atoms with Crippen molar-refractivity contribution in [2.75, 3.05) is 13.2 Å². The van der Waals surface area contributed by atoms with Crippen LogP contribution in [-0.4, -0.2) is 29.2 Å². The molecule has 1 saturated carbocycles. The van der Waals surface area contributed by atoms with Gasteiger partial charge in [-0.25, -0.2) is 0 Å². The highest BCUT2D eigenvalue weighted by molar-refractivity contribution is 5.88. The summed E-state index contributed by atoms with van der Waals surface area (Å²) in [5.41, 5.74) is -0.408. The van der Waals surface area contributed by atoms with Crippen LogP contribution in [0.4, 0.5) is 0 Å². The first-order chi connectivity index (χ1) is 6.04. The highest BCUT2D eigenvalue weighted by Crippen LogP contribution is 2.43. The van der Waals surface area contributed by atoms with E-state index < -0.39 is 5.41 Å². The number of ketones is 1. The number of carbonyl (C=O) groups excluding carboxylic acids is 1. The van der Waals surface area contributed by atoms with E-state index in [9.17, 15) is 4.79 Å². The van der Waals surface area contributed by atoms with E-state index in [-0.39, 0.29) is 30.8 Å². The average Bonchev–Trinajstić information content (AvgIpc) is 2.29. The second-order valence-corrected chi connectivity index (χ2v) is 4.41. The van der Waals surface area contributed by atoms with E-state index in [2.05, 4.69) is 0 Å². The molecule has 0 aliphatic heterocycles. The molecule has 2 unspecified atom stereocenters. The monoisotopic (exact) mass is 186 g/mol. The van der Waals surface area contributed by atoms with E-state index >= 15 is 0 Å². The minimum atomic E-state index is -0.408. The Hall–Kier alpha value is -0.410. The Morgan fingerprint density at radius 1 is 1.46 bits per heavy atom. The predicted molar refractivity (Wildman–Crippen MR) is 49.2 cm³/mol. The second-order valence-electron chi connectivity index (χ2n) is 4.41. The number of carbonyl (C=O) groups is 1. The topological polar surface area (TPSA) is 57.5 Å². The fourth-order valence-corrected chi connectivity index (χ4v) is 2.18. The lowest BCUT2D eigenvalue weighted by Crippen LogP contribution is -2.28. The molecule has 0 spiro atoms. The third-order valence-corrected chi connectivity index (χ3v) is 3.29. The molecule has 1 aliphatic carbocycles. The molecular formula is C10H18O3. The maximum atomic E-state index is 11.8. The SMILES string of the molecule is CC1(C)C(=O)C(CCO)CC1CO. The van der Waals surface area contributed by atoms with Gasteiger partial charge in [0.15, 0.2) is 0 Å². The number of hydrogen-bond donors (Lipinski definition) is 2. The third kappa shape index (κ3) is 1.76. The van der Waals surface area contributed by atoms with Crippen molar-refractivity contribution in [1.29, 1.82) is 0 Å². The summed E-state index contributed by atoms with van der Waals surface area (Å²) < 4.78 is 0. The number of aliphatic hydroxyl groups is 2. The zero-order chi connectivity index (χ0) is 10.1. The Bertz CT molecular complexity index is 198. The standard InChI is InChI=1S/C10H18O3/c1-10(2)8(6-12)5-7(3-4-11)9(10)13/h7-8,11-12H,3-6H2,1-2H3. The molecule has 0 aromatic rings. The lowest BCUT2D eigenvalue weighted by atomic mass is 9.81. The zero-order valence-corrected chi connectivity index (χ0v) is 8.29. The Labute approximate surface area is 78.8 Å². The van der Waals surface area contributed by atoms with Crippen LogP contribution in [0.1, 0.15) is 26.7 Å². The second kappa shape index (κ2) is 3.76. The molecular weight excluding hydrogens is 168 g/mol. The summed E-state index contributed by atoms with van der Waals surface area (Å²) in [7, 11) is 0. The van der Waals surface area contributed by atoms with Gasteiger partial charge in [0.1, 0.15) is 5.78 Å². The minimum Gasteiger partial charge on any atom is -0.396 e. The molecule has 3 heteroatoms. The fraction of sp³-hybridized carbons (Fsp3) is 0.900. The normalized spacial score (nSPS) is 32.5. The first-order valence-corrected chi connectivity index (χ1v) is 4.80. The summed E-state index contributed by atoms with van der Waals surface area (Å²) in [5, 5.41) is 17.8. The molecule has 0 saturated heterocycles. The third-order valence-electron chi connectivity index (χ3n) is 3.29. The molecule has 3 nitrogen and oxygen atoms in total. The smallest absolute Gasteiger partial charge is 0.142 e. The van der Waals surface area contributed by atoms with E-state index in [1.807, 2.05) is 13.8 Å². The van der Waals surface area contributed by atoms with E-state index in [4.69, 9.17) is 10.2 Å². The molecule has 0 heterocycles. The Morgan fingerprint density at radius 2 is 2.08 bits per heavy atom.